The molecule has 0 heterocycles. The van der Waals surface area contributed by atoms with Crippen LogP contribution in [0.3, 0.4) is 0 Å². The lowest BCUT2D eigenvalue weighted by molar-refractivity contribution is -0.124. The monoisotopic (exact) mass is 343 g/mol. The molecule has 0 spiro atoms. The van der Waals surface area contributed by atoms with E-state index in [2.05, 4.69) is 0 Å². The van der Waals surface area contributed by atoms with E-state index in [0.717, 1.165) is 22.3 Å². The highest BCUT2D eigenvalue weighted by Crippen LogP contribution is 2.40. The topological polar surface area (TPSA) is 97.5 Å². The summed E-state index contributed by atoms with van der Waals surface area (Å²) >= 11 is 0. The number of nitrogen functional groups attached to an aromatic ring is 1. The van der Waals surface area contributed by atoms with Crippen molar-refractivity contribution in [1.29, 1.82) is 0 Å². The van der Waals surface area contributed by atoms with Gasteiger partial charge >= 0.3 is 0 Å². The number of carbonyl (C=O) groups is 3. The molecule has 1 fully saturated rings. The maximum absolute atomic E-state index is 12.4. The first-order valence-corrected chi connectivity index (χ1v) is 8.50. The molecule has 1 aromatic rings. The summed E-state index contributed by atoms with van der Waals surface area (Å²) in [5, 5.41) is 9.86. The van der Waals surface area contributed by atoms with E-state index in [-0.39, 0.29) is 53.9 Å². The van der Waals surface area contributed by atoms with Crippen LogP contribution in [0, 0.1) is 20.8 Å². The number of hydrogen-bond donors (Lipinski definition) is 2. The van der Waals surface area contributed by atoms with Crippen LogP contribution < -0.4 is 5.73 Å². The molecule has 0 atom stereocenters. The zero-order valence-corrected chi connectivity index (χ0v) is 15.4. The highest BCUT2D eigenvalue weighted by molar-refractivity contribution is 6.22. The molecule has 0 saturated heterocycles. The molecule has 0 aliphatic heterocycles. The predicted octanol–water partition coefficient (Wildman–Crippen LogP) is 3.63. The van der Waals surface area contributed by atoms with E-state index >= 15 is 0 Å². The molecule has 2 rings (SSSR count). The number of carbonyl (C=O) groups excluding carboxylic acids is 3. The Labute approximate surface area is 147 Å². The molecule has 0 bridgehead atoms. The number of anilines is 1. The average Bonchev–Trinajstić information content (AvgIpc) is 2.51. The van der Waals surface area contributed by atoms with Gasteiger partial charge in [-0.15, -0.1) is 0 Å². The standard InChI is InChI=1S/C20H25NO4/c1-6-14(23)19-15(24)7-13(8-16(19)25)18-9(2)17(12(5)22)10(3)20(21)11(18)4/h13,23H,6-8,21H2,1-5H3. The molecule has 1 aromatic carbocycles. The first kappa shape index (κ1) is 18.9. The van der Waals surface area contributed by atoms with E-state index in [4.69, 9.17) is 5.73 Å². The van der Waals surface area contributed by atoms with Gasteiger partial charge in [0.05, 0.1) is 5.57 Å². The Balaban J connectivity index is 2.60. The molecule has 1 aliphatic carbocycles. The van der Waals surface area contributed by atoms with E-state index in [1.807, 2.05) is 20.8 Å². The van der Waals surface area contributed by atoms with Crippen LogP contribution in [0.25, 0.3) is 0 Å². The summed E-state index contributed by atoms with van der Waals surface area (Å²) in [5.74, 6) is -1.24. The second kappa shape index (κ2) is 6.82. The first-order valence-electron chi connectivity index (χ1n) is 8.50. The van der Waals surface area contributed by atoms with Crippen molar-refractivity contribution in [2.45, 2.75) is 59.8 Å². The molecular weight excluding hydrogens is 318 g/mol. The molecule has 0 amide bonds. The summed E-state index contributed by atoms with van der Waals surface area (Å²) in [6.07, 6.45) is 0.515. The zero-order valence-electron chi connectivity index (χ0n) is 15.4. The van der Waals surface area contributed by atoms with Gasteiger partial charge in [0.15, 0.2) is 17.3 Å². The SMILES string of the molecule is CCC(O)=C1C(=O)CC(c2c(C)c(N)c(C)c(C(C)=O)c2C)CC1=O. The lowest BCUT2D eigenvalue weighted by atomic mass is 9.74. The van der Waals surface area contributed by atoms with E-state index in [1.54, 1.807) is 6.92 Å². The molecule has 3 N–H and O–H groups in total. The largest absolute Gasteiger partial charge is 0.511 e. The molecule has 0 aromatic heterocycles. The third-order valence-corrected chi connectivity index (χ3v) is 5.17. The number of rotatable bonds is 3. The van der Waals surface area contributed by atoms with E-state index in [1.165, 1.54) is 6.92 Å². The van der Waals surface area contributed by atoms with Crippen molar-refractivity contribution < 1.29 is 19.5 Å². The molecule has 0 unspecified atom stereocenters. The fourth-order valence-electron chi connectivity index (χ4n) is 3.98. The highest BCUT2D eigenvalue weighted by atomic mass is 16.3. The van der Waals surface area contributed by atoms with Crippen LogP contribution in [0.2, 0.25) is 0 Å². The van der Waals surface area contributed by atoms with Crippen LogP contribution in [0.1, 0.15) is 71.6 Å². The zero-order chi connectivity index (χ0) is 19.0. The Morgan fingerprint density at radius 2 is 1.60 bits per heavy atom. The van der Waals surface area contributed by atoms with Gasteiger partial charge in [0, 0.05) is 30.5 Å². The Hall–Kier alpha value is -2.43. The van der Waals surface area contributed by atoms with Gasteiger partial charge < -0.3 is 10.8 Å². The van der Waals surface area contributed by atoms with Gasteiger partial charge in [-0.1, -0.05) is 6.92 Å². The summed E-state index contributed by atoms with van der Waals surface area (Å²) < 4.78 is 0. The van der Waals surface area contributed by atoms with E-state index in [0.29, 0.717) is 11.3 Å². The molecule has 0 radical (unpaired) electrons. The maximum Gasteiger partial charge on any atom is 0.170 e. The van der Waals surface area contributed by atoms with Crippen molar-refractivity contribution >= 4 is 23.0 Å². The Morgan fingerprint density at radius 3 is 2.04 bits per heavy atom. The summed E-state index contributed by atoms with van der Waals surface area (Å²) in [6.45, 7) is 8.70. The summed E-state index contributed by atoms with van der Waals surface area (Å²) in [5.41, 5.74) is 10.4. The Kier molecular flexibility index (Phi) is 5.16. The van der Waals surface area contributed by atoms with Gasteiger partial charge in [0.1, 0.15) is 5.76 Å². The fraction of sp³-hybridized carbons (Fsp3) is 0.450. The van der Waals surface area contributed by atoms with E-state index in [9.17, 15) is 19.5 Å². The van der Waals surface area contributed by atoms with Crippen LogP contribution >= 0.6 is 0 Å². The number of aliphatic hydroxyl groups excluding tert-OH is 1. The normalized spacial score (nSPS) is 17.8. The number of hydrogen-bond acceptors (Lipinski definition) is 5. The summed E-state index contributed by atoms with van der Waals surface area (Å²) in [4.78, 5) is 37.0. The van der Waals surface area contributed by atoms with Crippen LogP contribution in [0.4, 0.5) is 5.69 Å². The minimum absolute atomic E-state index is 0.0686. The molecule has 1 saturated carbocycles. The second-order valence-electron chi connectivity index (χ2n) is 6.76. The van der Waals surface area contributed by atoms with Crippen molar-refractivity contribution in [3.63, 3.8) is 0 Å². The first-order chi connectivity index (χ1) is 11.6. The van der Waals surface area contributed by atoms with Crippen LogP contribution in [-0.2, 0) is 9.59 Å². The predicted molar refractivity (Wildman–Crippen MR) is 97.0 cm³/mol. The molecular formula is C20H25NO4. The van der Waals surface area contributed by atoms with Gasteiger partial charge in [-0.2, -0.15) is 0 Å². The van der Waals surface area contributed by atoms with Crippen molar-refractivity contribution in [2.24, 2.45) is 0 Å². The molecule has 134 valence electrons. The lowest BCUT2D eigenvalue weighted by Gasteiger charge is -2.28. The van der Waals surface area contributed by atoms with Crippen molar-refractivity contribution in [2.75, 3.05) is 5.73 Å². The minimum atomic E-state index is -0.345. The van der Waals surface area contributed by atoms with Crippen molar-refractivity contribution in [1.82, 2.24) is 0 Å². The quantitative estimate of drug-likeness (QED) is 0.287. The van der Waals surface area contributed by atoms with Gasteiger partial charge in [-0.05, 0) is 55.9 Å². The van der Waals surface area contributed by atoms with Crippen molar-refractivity contribution in [3.8, 4) is 0 Å². The number of nitrogens with two attached hydrogens (primary N) is 1. The van der Waals surface area contributed by atoms with Gasteiger partial charge in [-0.3, -0.25) is 14.4 Å². The summed E-state index contributed by atoms with van der Waals surface area (Å²) in [6, 6.07) is 0. The highest BCUT2D eigenvalue weighted by Gasteiger charge is 2.35. The third kappa shape index (κ3) is 3.11. The van der Waals surface area contributed by atoms with Crippen LogP contribution in [0.5, 0.6) is 0 Å². The lowest BCUT2D eigenvalue weighted by Crippen LogP contribution is -2.27. The van der Waals surface area contributed by atoms with Gasteiger partial charge in [-0.25, -0.2) is 0 Å². The number of benzene rings is 1. The number of ketones is 3. The second-order valence-corrected chi connectivity index (χ2v) is 6.76. The van der Waals surface area contributed by atoms with Crippen LogP contribution in [0.15, 0.2) is 11.3 Å². The third-order valence-electron chi connectivity index (χ3n) is 5.17. The molecule has 25 heavy (non-hydrogen) atoms. The van der Waals surface area contributed by atoms with Gasteiger partial charge in [0.2, 0.25) is 0 Å². The molecule has 5 heteroatoms. The average molecular weight is 343 g/mol. The Morgan fingerprint density at radius 1 is 1.08 bits per heavy atom. The number of Topliss-reactive ketones (excluding diaryl/α,β-unsaturated/α-hetero) is 3. The molecule has 1 aliphatic rings. The number of allylic oxidation sites excluding steroid dienone is 2. The maximum atomic E-state index is 12.4. The number of aliphatic hydroxyl groups is 1. The summed E-state index contributed by atoms with van der Waals surface area (Å²) in [7, 11) is 0. The molecule has 5 nitrogen and oxygen atoms in total. The Bertz CT molecular complexity index is 798. The van der Waals surface area contributed by atoms with Crippen LogP contribution in [-0.4, -0.2) is 22.5 Å². The minimum Gasteiger partial charge on any atom is -0.511 e. The van der Waals surface area contributed by atoms with E-state index < -0.39 is 0 Å². The fourth-order valence-corrected chi connectivity index (χ4v) is 3.98. The smallest absolute Gasteiger partial charge is 0.170 e. The van der Waals surface area contributed by atoms with Gasteiger partial charge in [0.25, 0.3) is 0 Å². The van der Waals surface area contributed by atoms with Crippen molar-refractivity contribution in [3.05, 3.63) is 39.1 Å².